The van der Waals surface area contributed by atoms with E-state index in [4.69, 9.17) is 0 Å². The number of urea groups is 1. The van der Waals surface area contributed by atoms with Gasteiger partial charge < -0.3 is 5.32 Å². The number of nitrogens with zero attached hydrogens (tertiary/aromatic N) is 2. The van der Waals surface area contributed by atoms with Gasteiger partial charge in [0.15, 0.2) is 0 Å². The molecule has 7 nitrogen and oxygen atoms in total. The van der Waals surface area contributed by atoms with Gasteiger partial charge in [-0.05, 0) is 38.9 Å². The van der Waals surface area contributed by atoms with Crippen molar-refractivity contribution in [3.63, 3.8) is 0 Å². The van der Waals surface area contributed by atoms with Crippen LogP contribution in [-0.4, -0.2) is 57.6 Å². The van der Waals surface area contributed by atoms with Gasteiger partial charge in [-0.3, -0.25) is 19.7 Å². The number of thioether (sulfide) groups is 1. The van der Waals surface area contributed by atoms with Gasteiger partial charge in [0.25, 0.3) is 5.91 Å². The number of hydrogen-bond donors (Lipinski definition) is 2. The molecule has 8 heteroatoms. The van der Waals surface area contributed by atoms with E-state index in [2.05, 4.69) is 11.9 Å². The van der Waals surface area contributed by atoms with Crippen LogP contribution in [0.15, 0.2) is 12.3 Å². The summed E-state index contributed by atoms with van der Waals surface area (Å²) in [5, 5.41) is 13.1. The summed E-state index contributed by atoms with van der Waals surface area (Å²) in [6.07, 6.45) is 2.73. The summed E-state index contributed by atoms with van der Waals surface area (Å²) in [5.41, 5.74) is 0.169. The van der Waals surface area contributed by atoms with Gasteiger partial charge >= 0.3 is 6.03 Å². The highest BCUT2D eigenvalue weighted by Crippen LogP contribution is 2.38. The van der Waals surface area contributed by atoms with E-state index >= 15 is 0 Å². The Morgan fingerprint density at radius 1 is 1.31 bits per heavy atom. The van der Waals surface area contributed by atoms with Crippen molar-refractivity contribution in [3.05, 3.63) is 12.3 Å². The molecule has 1 unspecified atom stereocenters. The molecule has 0 rings (SSSR count). The molecule has 0 heterocycles. The molecule has 0 aliphatic heterocycles. The average Bonchev–Trinajstić information content (AvgIpc) is 2.60. The topological polar surface area (TPSA) is 90.0 Å². The SMILES string of the molecule is C=C(C)N(O)C(=O)[C@@](C)(SC)C(CC(C)C)C(=O)N(CCC)C(=O)NC. The zero-order valence-electron chi connectivity index (χ0n) is 17.0. The van der Waals surface area contributed by atoms with Gasteiger partial charge in [-0.2, -0.15) is 5.06 Å². The fourth-order valence-electron chi connectivity index (χ4n) is 2.65. The lowest BCUT2D eigenvalue weighted by molar-refractivity contribution is -0.163. The highest BCUT2D eigenvalue weighted by molar-refractivity contribution is 8.00. The van der Waals surface area contributed by atoms with E-state index < -0.39 is 28.5 Å². The van der Waals surface area contributed by atoms with E-state index in [0.29, 0.717) is 17.9 Å². The highest BCUT2D eigenvalue weighted by atomic mass is 32.2. The lowest BCUT2D eigenvalue weighted by Gasteiger charge is -2.38. The molecule has 0 radical (unpaired) electrons. The number of hydroxylamine groups is 2. The van der Waals surface area contributed by atoms with Crippen LogP contribution in [-0.2, 0) is 9.59 Å². The Balaban J connectivity index is 6.09. The second-order valence-electron chi connectivity index (χ2n) is 6.89. The molecule has 150 valence electrons. The summed E-state index contributed by atoms with van der Waals surface area (Å²) < 4.78 is -1.24. The highest BCUT2D eigenvalue weighted by Gasteiger charge is 2.49. The van der Waals surface area contributed by atoms with E-state index in [1.807, 2.05) is 20.8 Å². The zero-order chi connectivity index (χ0) is 20.7. The molecular formula is C18H33N3O4S. The van der Waals surface area contributed by atoms with Gasteiger partial charge in [0.05, 0.1) is 5.92 Å². The summed E-state index contributed by atoms with van der Waals surface area (Å²) in [4.78, 5) is 39.5. The first-order valence-corrected chi connectivity index (χ1v) is 9.97. The largest absolute Gasteiger partial charge is 0.341 e. The molecule has 0 saturated heterocycles. The first-order valence-electron chi connectivity index (χ1n) is 8.74. The van der Waals surface area contributed by atoms with Crippen LogP contribution in [0.3, 0.4) is 0 Å². The molecule has 0 saturated carbocycles. The molecule has 4 amide bonds. The van der Waals surface area contributed by atoms with Gasteiger partial charge in [0.1, 0.15) is 4.75 Å². The average molecular weight is 388 g/mol. The van der Waals surface area contributed by atoms with E-state index in [1.54, 1.807) is 13.2 Å². The third-order valence-electron chi connectivity index (χ3n) is 4.25. The van der Waals surface area contributed by atoms with Crippen LogP contribution in [0.4, 0.5) is 4.79 Å². The fourth-order valence-corrected chi connectivity index (χ4v) is 3.40. The molecule has 0 aromatic carbocycles. The number of amides is 4. The first-order chi connectivity index (χ1) is 12.0. The molecular weight excluding hydrogens is 354 g/mol. The lowest BCUT2D eigenvalue weighted by atomic mass is 9.83. The third-order valence-corrected chi connectivity index (χ3v) is 5.55. The smallest absolute Gasteiger partial charge is 0.323 e. The predicted molar refractivity (Wildman–Crippen MR) is 105 cm³/mol. The maximum atomic E-state index is 13.2. The Morgan fingerprint density at radius 2 is 1.85 bits per heavy atom. The van der Waals surface area contributed by atoms with Crippen molar-refractivity contribution >= 4 is 29.6 Å². The Morgan fingerprint density at radius 3 is 2.19 bits per heavy atom. The maximum Gasteiger partial charge on any atom is 0.323 e. The number of allylic oxidation sites excluding steroid dienone is 1. The molecule has 0 aromatic rings. The quantitative estimate of drug-likeness (QED) is 0.469. The van der Waals surface area contributed by atoms with Gasteiger partial charge in [-0.15, -0.1) is 11.8 Å². The number of rotatable bonds is 9. The zero-order valence-corrected chi connectivity index (χ0v) is 17.8. The Labute approximate surface area is 161 Å². The normalized spacial score (nSPS) is 14.3. The fraction of sp³-hybridized carbons (Fsp3) is 0.722. The van der Waals surface area contributed by atoms with Crippen LogP contribution in [0.1, 0.15) is 47.5 Å². The van der Waals surface area contributed by atoms with E-state index in [1.165, 1.54) is 25.7 Å². The molecule has 0 fully saturated rings. The number of carbonyl (C=O) groups is 3. The van der Waals surface area contributed by atoms with Gasteiger partial charge in [0.2, 0.25) is 5.91 Å². The molecule has 0 spiro atoms. The second kappa shape index (κ2) is 10.6. The number of imide groups is 1. The van der Waals surface area contributed by atoms with Crippen LogP contribution < -0.4 is 5.32 Å². The Bertz CT molecular complexity index is 539. The minimum absolute atomic E-state index is 0.119. The number of carbonyl (C=O) groups excluding carboxylic acids is 3. The van der Waals surface area contributed by atoms with Crippen LogP contribution in [0.2, 0.25) is 0 Å². The summed E-state index contributed by atoms with van der Waals surface area (Å²) in [6, 6.07) is -0.498. The minimum Gasteiger partial charge on any atom is -0.341 e. The number of nitrogens with one attached hydrogen (secondary N) is 1. The van der Waals surface area contributed by atoms with Gasteiger partial charge in [-0.1, -0.05) is 27.4 Å². The van der Waals surface area contributed by atoms with Crippen LogP contribution in [0.25, 0.3) is 0 Å². The molecule has 2 N–H and O–H groups in total. The molecule has 0 aliphatic rings. The Hall–Kier alpha value is -1.54. The van der Waals surface area contributed by atoms with Crippen LogP contribution in [0, 0.1) is 11.8 Å². The van der Waals surface area contributed by atoms with E-state index in [-0.39, 0.29) is 18.2 Å². The van der Waals surface area contributed by atoms with Gasteiger partial charge in [0, 0.05) is 19.3 Å². The standard InChI is InChI=1S/C18H33N3O4S/c1-9-10-20(17(24)19-7)15(22)14(11-12(2)3)18(6,26-8)16(23)21(25)13(4)5/h12,14,25H,4,9-11H2,1-3,5-8H3,(H,19,24)/t14?,18-/m0/s1. The van der Waals surface area contributed by atoms with Crippen LogP contribution in [0.5, 0.6) is 0 Å². The Kier molecular flexibility index (Phi) is 9.94. The van der Waals surface area contributed by atoms with Crippen molar-refractivity contribution in [1.82, 2.24) is 15.3 Å². The van der Waals surface area contributed by atoms with Crippen molar-refractivity contribution in [3.8, 4) is 0 Å². The molecule has 0 aromatic heterocycles. The van der Waals surface area contributed by atoms with Crippen molar-refractivity contribution in [2.45, 2.75) is 52.2 Å². The third kappa shape index (κ3) is 5.74. The molecule has 2 atom stereocenters. The summed E-state index contributed by atoms with van der Waals surface area (Å²) in [7, 11) is 1.46. The minimum atomic E-state index is -1.24. The van der Waals surface area contributed by atoms with Crippen molar-refractivity contribution in [2.24, 2.45) is 11.8 Å². The first kappa shape index (κ1) is 24.5. The van der Waals surface area contributed by atoms with Crippen molar-refractivity contribution < 1.29 is 19.6 Å². The second-order valence-corrected chi connectivity index (χ2v) is 8.15. The summed E-state index contributed by atoms with van der Waals surface area (Å²) in [6.45, 7) is 12.7. The van der Waals surface area contributed by atoms with E-state index in [0.717, 1.165) is 4.90 Å². The van der Waals surface area contributed by atoms with Crippen molar-refractivity contribution in [2.75, 3.05) is 19.8 Å². The number of hydrogen-bond acceptors (Lipinski definition) is 5. The predicted octanol–water partition coefficient (Wildman–Crippen LogP) is 3.10. The van der Waals surface area contributed by atoms with Crippen molar-refractivity contribution in [1.29, 1.82) is 0 Å². The van der Waals surface area contributed by atoms with Gasteiger partial charge in [-0.25, -0.2) is 4.79 Å². The molecule has 0 aliphatic carbocycles. The maximum absolute atomic E-state index is 13.2. The summed E-state index contributed by atoms with van der Waals surface area (Å²) in [5.74, 6) is -1.69. The molecule has 26 heavy (non-hydrogen) atoms. The molecule has 0 bridgehead atoms. The lowest BCUT2D eigenvalue weighted by Crippen LogP contribution is -2.55. The summed E-state index contributed by atoms with van der Waals surface area (Å²) >= 11 is 1.19. The monoisotopic (exact) mass is 387 g/mol. The van der Waals surface area contributed by atoms with E-state index in [9.17, 15) is 19.6 Å². The van der Waals surface area contributed by atoms with Crippen LogP contribution >= 0.6 is 11.8 Å².